The van der Waals surface area contributed by atoms with Crippen LogP contribution in [0, 0.1) is 4.64 Å². The van der Waals surface area contributed by atoms with Crippen molar-refractivity contribution in [1.29, 1.82) is 0 Å². The van der Waals surface area contributed by atoms with E-state index in [1.54, 1.807) is 0 Å². The zero-order valence-corrected chi connectivity index (χ0v) is 11.1. The van der Waals surface area contributed by atoms with Crippen LogP contribution in [0.4, 0.5) is 0 Å². The number of halogens is 1. The van der Waals surface area contributed by atoms with Gasteiger partial charge in [0, 0.05) is 11.6 Å². The molecule has 0 aliphatic heterocycles. The Morgan fingerprint density at radius 2 is 2.14 bits per heavy atom. The van der Waals surface area contributed by atoms with Gasteiger partial charge in [-0.1, -0.05) is 33.0 Å². The summed E-state index contributed by atoms with van der Waals surface area (Å²) in [6.07, 6.45) is 2.01. The summed E-state index contributed by atoms with van der Waals surface area (Å²) >= 11 is 8.63. The SMILES string of the molecule is CCc1[nH]c(C(C)CC)nc(=S)c1Br. The van der Waals surface area contributed by atoms with E-state index in [4.69, 9.17) is 12.2 Å². The topological polar surface area (TPSA) is 28.7 Å². The number of nitrogens with zero attached hydrogens (tertiary/aromatic N) is 1. The second kappa shape index (κ2) is 5.03. The first-order valence-corrected chi connectivity index (χ1v) is 6.08. The van der Waals surface area contributed by atoms with Crippen LogP contribution in [0.1, 0.15) is 44.6 Å². The lowest BCUT2D eigenvalue weighted by Crippen LogP contribution is -2.04. The molecule has 0 saturated heterocycles. The number of nitrogens with one attached hydrogen (secondary N) is 1. The first-order chi connectivity index (χ1) is 6.60. The summed E-state index contributed by atoms with van der Waals surface area (Å²) in [6.45, 7) is 6.41. The highest BCUT2D eigenvalue weighted by Gasteiger charge is 2.09. The maximum absolute atomic E-state index is 5.18. The molecule has 0 saturated carbocycles. The standard InChI is InChI=1S/C10H15BrN2S/c1-4-6(3)9-12-7(5-2)8(11)10(14)13-9/h6H,4-5H2,1-3H3,(H,12,13,14). The molecule has 0 aliphatic carbocycles. The summed E-state index contributed by atoms with van der Waals surface area (Å²) in [4.78, 5) is 7.69. The van der Waals surface area contributed by atoms with Crippen LogP contribution in [-0.4, -0.2) is 9.97 Å². The number of H-pyrrole nitrogens is 1. The van der Waals surface area contributed by atoms with Crippen molar-refractivity contribution >= 4 is 28.1 Å². The van der Waals surface area contributed by atoms with Crippen molar-refractivity contribution < 1.29 is 0 Å². The fourth-order valence-corrected chi connectivity index (χ4v) is 1.89. The summed E-state index contributed by atoms with van der Waals surface area (Å²) in [7, 11) is 0. The van der Waals surface area contributed by atoms with Crippen LogP contribution in [0.15, 0.2) is 4.47 Å². The lowest BCUT2D eigenvalue weighted by molar-refractivity contribution is 0.668. The molecule has 0 aliphatic rings. The minimum absolute atomic E-state index is 0.440. The monoisotopic (exact) mass is 274 g/mol. The Labute approximate surface area is 98.3 Å². The van der Waals surface area contributed by atoms with E-state index in [0.29, 0.717) is 10.6 Å². The molecular formula is C10H15BrN2S. The highest BCUT2D eigenvalue weighted by atomic mass is 79.9. The third kappa shape index (κ3) is 2.42. The summed E-state index contributed by atoms with van der Waals surface area (Å²) in [6, 6.07) is 0. The first kappa shape index (κ1) is 11.9. The average molecular weight is 275 g/mol. The van der Waals surface area contributed by atoms with Crippen molar-refractivity contribution in [3.63, 3.8) is 0 Å². The Morgan fingerprint density at radius 1 is 1.50 bits per heavy atom. The first-order valence-electron chi connectivity index (χ1n) is 4.88. The molecule has 0 radical (unpaired) electrons. The van der Waals surface area contributed by atoms with Gasteiger partial charge in [-0.25, -0.2) is 4.98 Å². The molecule has 1 unspecified atom stereocenters. The largest absolute Gasteiger partial charge is 0.346 e. The molecule has 78 valence electrons. The van der Waals surface area contributed by atoms with Gasteiger partial charge in [-0.3, -0.25) is 0 Å². The lowest BCUT2D eigenvalue weighted by Gasteiger charge is -2.11. The predicted octanol–water partition coefficient (Wildman–Crippen LogP) is 3.98. The van der Waals surface area contributed by atoms with Gasteiger partial charge in [0.25, 0.3) is 0 Å². The van der Waals surface area contributed by atoms with Crippen molar-refractivity contribution in [1.82, 2.24) is 9.97 Å². The fourth-order valence-electron chi connectivity index (χ4n) is 1.20. The van der Waals surface area contributed by atoms with Crippen molar-refractivity contribution in [2.45, 2.75) is 39.5 Å². The van der Waals surface area contributed by atoms with E-state index < -0.39 is 0 Å². The summed E-state index contributed by atoms with van der Waals surface area (Å²) < 4.78 is 1.60. The summed E-state index contributed by atoms with van der Waals surface area (Å²) in [5, 5.41) is 0. The Morgan fingerprint density at radius 3 is 2.64 bits per heavy atom. The van der Waals surface area contributed by atoms with Gasteiger partial charge in [0.05, 0.1) is 4.47 Å². The zero-order chi connectivity index (χ0) is 10.7. The van der Waals surface area contributed by atoms with Gasteiger partial charge in [0.15, 0.2) is 0 Å². The molecule has 0 bridgehead atoms. The second-order valence-corrected chi connectivity index (χ2v) is 4.56. The number of rotatable bonds is 3. The van der Waals surface area contributed by atoms with Crippen LogP contribution >= 0.6 is 28.1 Å². The molecule has 0 fully saturated rings. The van der Waals surface area contributed by atoms with E-state index in [1.165, 1.54) is 0 Å². The maximum atomic E-state index is 5.18. The van der Waals surface area contributed by atoms with Gasteiger partial charge >= 0.3 is 0 Å². The summed E-state index contributed by atoms with van der Waals surface area (Å²) in [5.74, 6) is 1.44. The fraction of sp³-hybridized carbons (Fsp3) is 0.600. The molecule has 1 heterocycles. The minimum Gasteiger partial charge on any atom is -0.346 e. The van der Waals surface area contributed by atoms with E-state index in [1.807, 2.05) is 0 Å². The molecule has 1 atom stereocenters. The predicted molar refractivity (Wildman–Crippen MR) is 65.2 cm³/mol. The van der Waals surface area contributed by atoms with E-state index in [-0.39, 0.29) is 0 Å². The van der Waals surface area contributed by atoms with Gasteiger partial charge in [0.1, 0.15) is 10.5 Å². The second-order valence-electron chi connectivity index (χ2n) is 3.38. The molecule has 2 nitrogen and oxygen atoms in total. The number of aromatic nitrogens is 2. The molecule has 1 aromatic heterocycles. The molecule has 1 N–H and O–H groups in total. The van der Waals surface area contributed by atoms with E-state index in [2.05, 4.69) is 46.7 Å². The van der Waals surface area contributed by atoms with E-state index in [9.17, 15) is 0 Å². The number of hydrogen-bond acceptors (Lipinski definition) is 2. The molecule has 14 heavy (non-hydrogen) atoms. The van der Waals surface area contributed by atoms with Gasteiger partial charge in [-0.15, -0.1) is 0 Å². The van der Waals surface area contributed by atoms with Gasteiger partial charge in [-0.05, 0) is 28.8 Å². The molecule has 4 heteroatoms. The Bertz CT molecular complexity index is 373. The highest BCUT2D eigenvalue weighted by molar-refractivity contribution is 9.10. The normalized spacial score (nSPS) is 12.9. The van der Waals surface area contributed by atoms with E-state index in [0.717, 1.165) is 28.8 Å². The minimum atomic E-state index is 0.440. The smallest absolute Gasteiger partial charge is 0.144 e. The molecule has 1 rings (SSSR count). The van der Waals surface area contributed by atoms with E-state index >= 15 is 0 Å². The Hall–Kier alpha value is -0.220. The summed E-state index contributed by atoms with van der Waals surface area (Å²) in [5.41, 5.74) is 1.14. The number of aryl methyl sites for hydroxylation is 1. The lowest BCUT2D eigenvalue weighted by atomic mass is 10.1. The van der Waals surface area contributed by atoms with Gasteiger partial charge < -0.3 is 4.98 Å². The molecule has 0 spiro atoms. The van der Waals surface area contributed by atoms with Gasteiger partial charge in [-0.2, -0.15) is 0 Å². The van der Waals surface area contributed by atoms with Crippen molar-refractivity contribution in [3.05, 3.63) is 20.6 Å². The van der Waals surface area contributed by atoms with Crippen LogP contribution in [0.25, 0.3) is 0 Å². The quantitative estimate of drug-likeness (QED) is 0.845. The Kier molecular flexibility index (Phi) is 4.26. The number of aromatic amines is 1. The highest BCUT2D eigenvalue weighted by Crippen LogP contribution is 2.20. The molecule has 0 aromatic carbocycles. The van der Waals surface area contributed by atoms with Crippen LogP contribution in [0.2, 0.25) is 0 Å². The van der Waals surface area contributed by atoms with Crippen LogP contribution in [-0.2, 0) is 6.42 Å². The maximum Gasteiger partial charge on any atom is 0.144 e. The third-order valence-electron chi connectivity index (χ3n) is 2.39. The number of hydrogen-bond donors (Lipinski definition) is 1. The van der Waals surface area contributed by atoms with Crippen LogP contribution in [0.3, 0.4) is 0 Å². The average Bonchev–Trinajstić information content (AvgIpc) is 2.20. The van der Waals surface area contributed by atoms with Crippen molar-refractivity contribution in [3.8, 4) is 0 Å². The van der Waals surface area contributed by atoms with Crippen molar-refractivity contribution in [2.75, 3.05) is 0 Å². The Balaban J connectivity index is 3.23. The van der Waals surface area contributed by atoms with Gasteiger partial charge in [0.2, 0.25) is 0 Å². The zero-order valence-electron chi connectivity index (χ0n) is 8.72. The van der Waals surface area contributed by atoms with Crippen LogP contribution in [0.5, 0.6) is 0 Å². The van der Waals surface area contributed by atoms with Crippen molar-refractivity contribution in [2.24, 2.45) is 0 Å². The van der Waals surface area contributed by atoms with Crippen LogP contribution < -0.4 is 0 Å². The molecule has 0 amide bonds. The third-order valence-corrected chi connectivity index (χ3v) is 3.80. The molecular weight excluding hydrogens is 260 g/mol. The molecule has 1 aromatic rings.